The Kier molecular flexibility index (Phi) is 4.23. The lowest BCUT2D eigenvalue weighted by molar-refractivity contribution is 0.0772. The Labute approximate surface area is 119 Å². The highest BCUT2D eigenvalue weighted by atomic mass is 16.5. The number of amides is 1. The second-order valence-electron chi connectivity index (χ2n) is 4.66. The summed E-state index contributed by atoms with van der Waals surface area (Å²) in [7, 11) is 1.63. The highest BCUT2D eigenvalue weighted by Gasteiger charge is 2.16. The first kappa shape index (κ1) is 14.3. The van der Waals surface area contributed by atoms with Crippen LogP contribution in [0.5, 0.6) is 5.75 Å². The normalized spacial score (nSPS) is 10.6. The maximum absolute atomic E-state index is 12.5. The molecule has 0 bridgehead atoms. The number of carbonyl (C=O) groups is 1. The van der Waals surface area contributed by atoms with Crippen LogP contribution in [0.2, 0.25) is 0 Å². The summed E-state index contributed by atoms with van der Waals surface area (Å²) >= 11 is 0. The molecule has 2 rings (SSSR count). The standard InChI is InChI=1S/C16H20N2O2/c1-5-18(6-2)16(19)14-10-12-9-13(20-4)7-8-15(12)17-11(14)3/h7-10H,5-6H2,1-4H3. The molecule has 4 nitrogen and oxygen atoms in total. The van der Waals surface area contributed by atoms with Gasteiger partial charge in [-0.3, -0.25) is 9.78 Å². The van der Waals surface area contributed by atoms with Crippen molar-refractivity contribution in [3.8, 4) is 5.75 Å². The molecule has 106 valence electrons. The van der Waals surface area contributed by atoms with E-state index in [0.717, 1.165) is 22.3 Å². The molecule has 0 N–H and O–H groups in total. The first-order valence-electron chi connectivity index (χ1n) is 6.85. The molecule has 1 aromatic heterocycles. The van der Waals surface area contributed by atoms with Crippen molar-refractivity contribution < 1.29 is 9.53 Å². The minimum atomic E-state index is 0.0321. The SMILES string of the molecule is CCN(CC)C(=O)c1cc2cc(OC)ccc2nc1C. The monoisotopic (exact) mass is 272 g/mol. The number of nitrogens with zero attached hydrogens (tertiary/aromatic N) is 2. The fourth-order valence-electron chi connectivity index (χ4n) is 2.28. The van der Waals surface area contributed by atoms with Gasteiger partial charge in [-0.05, 0) is 45.0 Å². The summed E-state index contributed by atoms with van der Waals surface area (Å²) in [5, 5.41) is 0.922. The fourth-order valence-corrected chi connectivity index (χ4v) is 2.28. The molecule has 0 aliphatic carbocycles. The van der Waals surface area contributed by atoms with E-state index < -0.39 is 0 Å². The predicted molar refractivity (Wildman–Crippen MR) is 80.3 cm³/mol. The molecule has 1 heterocycles. The molecule has 0 saturated carbocycles. The van der Waals surface area contributed by atoms with Gasteiger partial charge in [0.2, 0.25) is 0 Å². The van der Waals surface area contributed by atoms with Gasteiger partial charge in [0, 0.05) is 18.5 Å². The number of rotatable bonds is 4. The Morgan fingerprint density at radius 2 is 1.95 bits per heavy atom. The van der Waals surface area contributed by atoms with E-state index in [1.165, 1.54) is 0 Å². The van der Waals surface area contributed by atoms with Gasteiger partial charge in [-0.15, -0.1) is 0 Å². The average molecular weight is 272 g/mol. The van der Waals surface area contributed by atoms with Crippen molar-refractivity contribution in [1.29, 1.82) is 0 Å². The number of ether oxygens (including phenoxy) is 1. The van der Waals surface area contributed by atoms with Crippen molar-refractivity contribution in [3.05, 3.63) is 35.5 Å². The van der Waals surface area contributed by atoms with Crippen LogP contribution in [-0.4, -0.2) is 36.0 Å². The summed E-state index contributed by atoms with van der Waals surface area (Å²) < 4.78 is 5.22. The van der Waals surface area contributed by atoms with E-state index >= 15 is 0 Å². The van der Waals surface area contributed by atoms with Gasteiger partial charge < -0.3 is 9.64 Å². The first-order valence-corrected chi connectivity index (χ1v) is 6.85. The van der Waals surface area contributed by atoms with Crippen LogP contribution in [0.15, 0.2) is 24.3 Å². The summed E-state index contributed by atoms with van der Waals surface area (Å²) in [4.78, 5) is 18.8. The topological polar surface area (TPSA) is 42.4 Å². The predicted octanol–water partition coefficient (Wildman–Crippen LogP) is 3.03. The maximum Gasteiger partial charge on any atom is 0.255 e. The number of aromatic nitrogens is 1. The van der Waals surface area contributed by atoms with Gasteiger partial charge in [0.25, 0.3) is 5.91 Å². The zero-order valence-corrected chi connectivity index (χ0v) is 12.4. The van der Waals surface area contributed by atoms with E-state index in [9.17, 15) is 4.79 Å². The number of carbonyl (C=O) groups excluding carboxylic acids is 1. The Hall–Kier alpha value is -2.10. The zero-order chi connectivity index (χ0) is 14.7. The van der Waals surface area contributed by atoms with Crippen molar-refractivity contribution in [3.63, 3.8) is 0 Å². The average Bonchev–Trinajstić information content (AvgIpc) is 2.47. The summed E-state index contributed by atoms with van der Waals surface area (Å²) in [6.07, 6.45) is 0. The molecule has 0 radical (unpaired) electrons. The third kappa shape index (κ3) is 2.59. The molecule has 0 fully saturated rings. The van der Waals surface area contributed by atoms with E-state index in [1.54, 1.807) is 12.0 Å². The van der Waals surface area contributed by atoms with Crippen molar-refractivity contribution >= 4 is 16.8 Å². The number of aryl methyl sites for hydroxylation is 1. The summed E-state index contributed by atoms with van der Waals surface area (Å²) in [5.74, 6) is 0.800. The van der Waals surface area contributed by atoms with Gasteiger partial charge in [-0.25, -0.2) is 0 Å². The number of methoxy groups -OCH3 is 1. The largest absolute Gasteiger partial charge is 0.497 e. The molecule has 20 heavy (non-hydrogen) atoms. The van der Waals surface area contributed by atoms with Crippen LogP contribution in [-0.2, 0) is 0 Å². The zero-order valence-electron chi connectivity index (χ0n) is 12.4. The van der Waals surface area contributed by atoms with Gasteiger partial charge in [-0.2, -0.15) is 0 Å². The van der Waals surface area contributed by atoms with Crippen molar-refractivity contribution in [2.24, 2.45) is 0 Å². The fraction of sp³-hybridized carbons (Fsp3) is 0.375. The van der Waals surface area contributed by atoms with E-state index in [2.05, 4.69) is 4.98 Å². The van der Waals surface area contributed by atoms with Gasteiger partial charge in [0.1, 0.15) is 5.75 Å². The third-order valence-corrected chi connectivity index (χ3v) is 3.49. The lowest BCUT2D eigenvalue weighted by atomic mass is 10.1. The van der Waals surface area contributed by atoms with Gasteiger partial charge in [0.15, 0.2) is 0 Å². The molecule has 0 aliphatic rings. The van der Waals surface area contributed by atoms with Gasteiger partial charge in [-0.1, -0.05) is 0 Å². The van der Waals surface area contributed by atoms with Crippen LogP contribution in [0, 0.1) is 6.92 Å². The van der Waals surface area contributed by atoms with E-state index in [1.807, 2.05) is 45.0 Å². The molecule has 0 unspecified atom stereocenters. The molecule has 0 aliphatic heterocycles. The number of pyridine rings is 1. The molecule has 4 heteroatoms. The Bertz CT molecular complexity index is 634. The minimum Gasteiger partial charge on any atom is -0.497 e. The first-order chi connectivity index (χ1) is 9.60. The number of hydrogen-bond donors (Lipinski definition) is 0. The van der Waals surface area contributed by atoms with Crippen molar-refractivity contribution in [2.75, 3.05) is 20.2 Å². The third-order valence-electron chi connectivity index (χ3n) is 3.49. The van der Waals surface area contributed by atoms with Gasteiger partial charge >= 0.3 is 0 Å². The maximum atomic E-state index is 12.5. The second-order valence-corrected chi connectivity index (χ2v) is 4.66. The van der Waals surface area contributed by atoms with Crippen LogP contribution < -0.4 is 4.74 Å². The van der Waals surface area contributed by atoms with Gasteiger partial charge in [0.05, 0.1) is 23.9 Å². The highest BCUT2D eigenvalue weighted by molar-refractivity contribution is 5.98. The summed E-state index contributed by atoms with van der Waals surface area (Å²) in [6, 6.07) is 7.59. The number of hydrogen-bond acceptors (Lipinski definition) is 3. The lowest BCUT2D eigenvalue weighted by Gasteiger charge is -2.19. The molecule has 0 saturated heterocycles. The van der Waals surface area contributed by atoms with Crippen LogP contribution in [0.25, 0.3) is 10.9 Å². The molecule has 0 atom stereocenters. The Morgan fingerprint density at radius 1 is 1.25 bits per heavy atom. The molecular formula is C16H20N2O2. The van der Waals surface area contributed by atoms with Crippen LogP contribution in [0.1, 0.15) is 29.9 Å². The second kappa shape index (κ2) is 5.90. The quantitative estimate of drug-likeness (QED) is 0.859. The van der Waals surface area contributed by atoms with Crippen LogP contribution >= 0.6 is 0 Å². The summed E-state index contributed by atoms with van der Waals surface area (Å²) in [5.41, 5.74) is 2.30. The summed E-state index contributed by atoms with van der Waals surface area (Å²) in [6.45, 7) is 7.23. The van der Waals surface area contributed by atoms with E-state index in [-0.39, 0.29) is 5.91 Å². The minimum absolute atomic E-state index is 0.0321. The number of benzene rings is 1. The highest BCUT2D eigenvalue weighted by Crippen LogP contribution is 2.22. The van der Waals surface area contributed by atoms with E-state index in [4.69, 9.17) is 4.74 Å². The van der Waals surface area contributed by atoms with Crippen molar-refractivity contribution in [2.45, 2.75) is 20.8 Å². The molecule has 2 aromatic rings. The van der Waals surface area contributed by atoms with E-state index in [0.29, 0.717) is 18.7 Å². The molecule has 0 spiro atoms. The lowest BCUT2D eigenvalue weighted by Crippen LogP contribution is -2.31. The van der Waals surface area contributed by atoms with Crippen molar-refractivity contribution in [1.82, 2.24) is 9.88 Å². The Balaban J connectivity index is 2.53. The van der Waals surface area contributed by atoms with Crippen LogP contribution in [0.3, 0.4) is 0 Å². The van der Waals surface area contributed by atoms with Crippen LogP contribution in [0.4, 0.5) is 0 Å². The smallest absolute Gasteiger partial charge is 0.255 e. The molecule has 1 aromatic carbocycles. The Morgan fingerprint density at radius 3 is 2.55 bits per heavy atom. The molecular weight excluding hydrogens is 252 g/mol. The molecule has 1 amide bonds. The number of fused-ring (bicyclic) bond motifs is 1.